The summed E-state index contributed by atoms with van der Waals surface area (Å²) in [5, 5.41) is 18.1. The molecule has 0 radical (unpaired) electrons. The van der Waals surface area contributed by atoms with Gasteiger partial charge < -0.3 is 14.8 Å². The van der Waals surface area contributed by atoms with Crippen LogP contribution in [0, 0.1) is 15.9 Å². The highest BCUT2D eigenvalue weighted by atomic mass is 19.1. The van der Waals surface area contributed by atoms with E-state index in [0.29, 0.717) is 18.9 Å². The highest BCUT2D eigenvalue weighted by Gasteiger charge is 2.23. The van der Waals surface area contributed by atoms with Gasteiger partial charge in [-0.2, -0.15) is 5.10 Å². The predicted molar refractivity (Wildman–Crippen MR) is 107 cm³/mol. The van der Waals surface area contributed by atoms with Crippen LogP contribution in [0.3, 0.4) is 0 Å². The van der Waals surface area contributed by atoms with Crippen LogP contribution in [0.1, 0.15) is 24.3 Å². The molecule has 0 saturated carbocycles. The molecule has 2 aromatic carbocycles. The fourth-order valence-electron chi connectivity index (χ4n) is 2.71. The number of hydrogen-bond donors (Lipinski definition) is 1. The number of amides is 1. The van der Waals surface area contributed by atoms with Gasteiger partial charge in [0.1, 0.15) is 11.5 Å². The van der Waals surface area contributed by atoms with Gasteiger partial charge in [0, 0.05) is 12.3 Å². The second-order valence-electron chi connectivity index (χ2n) is 6.02. The van der Waals surface area contributed by atoms with Gasteiger partial charge in [-0.15, -0.1) is 0 Å². The summed E-state index contributed by atoms with van der Waals surface area (Å²) in [7, 11) is 0. The normalized spacial score (nSPS) is 10.5. The highest BCUT2D eigenvalue weighted by Crippen LogP contribution is 2.38. The van der Waals surface area contributed by atoms with Gasteiger partial charge in [-0.3, -0.25) is 14.9 Å². The first-order valence-electron chi connectivity index (χ1n) is 9.14. The number of anilines is 1. The molecule has 0 spiro atoms. The number of nitrogens with zero attached hydrogens (tertiary/aromatic N) is 3. The van der Waals surface area contributed by atoms with Crippen LogP contribution in [0.4, 0.5) is 15.8 Å². The molecule has 0 saturated heterocycles. The van der Waals surface area contributed by atoms with Gasteiger partial charge in [-0.25, -0.2) is 9.07 Å². The molecular weight excluding hydrogens is 395 g/mol. The Morgan fingerprint density at radius 1 is 1.13 bits per heavy atom. The fourth-order valence-corrected chi connectivity index (χ4v) is 2.71. The maximum Gasteiger partial charge on any atom is 0.296 e. The van der Waals surface area contributed by atoms with Crippen molar-refractivity contribution in [2.45, 2.75) is 13.8 Å². The average Bonchev–Trinajstić information content (AvgIpc) is 3.21. The van der Waals surface area contributed by atoms with E-state index in [1.165, 1.54) is 53.3 Å². The summed E-state index contributed by atoms with van der Waals surface area (Å²) in [6, 6.07) is 9.57. The van der Waals surface area contributed by atoms with Crippen molar-refractivity contribution in [3.63, 3.8) is 0 Å². The Labute approximate surface area is 171 Å². The van der Waals surface area contributed by atoms with Crippen molar-refractivity contribution < 1.29 is 23.6 Å². The number of nitro benzene ring substituents is 1. The molecule has 0 unspecified atom stereocenters. The standard InChI is InChI=1S/C20H19FN4O5/c1-3-29-18-11-16(17(25(27)28)12-19(18)30-4-2)22-20(26)15-9-10-24(23-15)14-7-5-13(21)6-8-14/h5-12H,3-4H2,1-2H3,(H,22,26). The minimum Gasteiger partial charge on any atom is -0.490 e. The molecule has 0 aliphatic rings. The van der Waals surface area contributed by atoms with E-state index >= 15 is 0 Å². The summed E-state index contributed by atoms with van der Waals surface area (Å²) in [5.74, 6) is -0.552. The zero-order valence-corrected chi connectivity index (χ0v) is 16.3. The number of benzene rings is 2. The van der Waals surface area contributed by atoms with Gasteiger partial charge in [-0.1, -0.05) is 0 Å². The molecule has 1 aromatic heterocycles. The quantitative estimate of drug-likeness (QED) is 0.441. The Kier molecular flexibility index (Phi) is 6.26. The highest BCUT2D eigenvalue weighted by molar-refractivity contribution is 6.04. The smallest absolute Gasteiger partial charge is 0.296 e. The number of nitrogens with one attached hydrogen (secondary N) is 1. The topological polar surface area (TPSA) is 109 Å². The third kappa shape index (κ3) is 4.54. The Morgan fingerprint density at radius 3 is 2.37 bits per heavy atom. The van der Waals surface area contributed by atoms with Crippen LogP contribution in [0.15, 0.2) is 48.7 Å². The summed E-state index contributed by atoms with van der Waals surface area (Å²) in [4.78, 5) is 23.5. The van der Waals surface area contributed by atoms with E-state index in [0.717, 1.165) is 0 Å². The minimum atomic E-state index is -0.648. The molecule has 1 amide bonds. The molecule has 1 N–H and O–H groups in total. The van der Waals surface area contributed by atoms with E-state index in [1.807, 2.05) is 0 Å². The van der Waals surface area contributed by atoms with Crippen LogP contribution in [0.2, 0.25) is 0 Å². The lowest BCUT2D eigenvalue weighted by atomic mass is 10.2. The molecule has 156 valence electrons. The molecule has 0 atom stereocenters. The SMILES string of the molecule is CCOc1cc(NC(=O)c2ccn(-c3ccc(F)cc3)n2)c([N+](=O)[O-])cc1OCC. The van der Waals surface area contributed by atoms with Crippen molar-refractivity contribution >= 4 is 17.3 Å². The van der Waals surface area contributed by atoms with Crippen molar-refractivity contribution in [3.05, 3.63) is 70.3 Å². The molecule has 3 rings (SSSR count). The molecule has 0 aliphatic carbocycles. The van der Waals surface area contributed by atoms with Crippen LogP contribution in [-0.4, -0.2) is 33.8 Å². The predicted octanol–water partition coefficient (Wildman–Crippen LogP) is 3.97. The molecule has 9 nitrogen and oxygen atoms in total. The molecule has 3 aromatic rings. The summed E-state index contributed by atoms with van der Waals surface area (Å²) >= 11 is 0. The van der Waals surface area contributed by atoms with Gasteiger partial charge >= 0.3 is 0 Å². The van der Waals surface area contributed by atoms with Crippen molar-refractivity contribution in [1.29, 1.82) is 0 Å². The number of carbonyl (C=O) groups excluding carboxylic acids is 1. The van der Waals surface area contributed by atoms with Gasteiger partial charge in [0.05, 0.1) is 29.9 Å². The monoisotopic (exact) mass is 414 g/mol. The average molecular weight is 414 g/mol. The van der Waals surface area contributed by atoms with E-state index in [2.05, 4.69) is 10.4 Å². The Morgan fingerprint density at radius 2 is 1.77 bits per heavy atom. The third-order valence-electron chi connectivity index (χ3n) is 4.02. The molecule has 0 fully saturated rings. The second kappa shape index (κ2) is 9.03. The summed E-state index contributed by atoms with van der Waals surface area (Å²) in [5.41, 5.74) is 0.197. The first-order valence-corrected chi connectivity index (χ1v) is 9.14. The Balaban J connectivity index is 1.89. The molecule has 30 heavy (non-hydrogen) atoms. The van der Waals surface area contributed by atoms with E-state index in [-0.39, 0.29) is 28.6 Å². The number of carbonyl (C=O) groups is 1. The van der Waals surface area contributed by atoms with Gasteiger partial charge in [0.2, 0.25) is 0 Å². The van der Waals surface area contributed by atoms with Crippen molar-refractivity contribution in [2.75, 3.05) is 18.5 Å². The van der Waals surface area contributed by atoms with Gasteiger partial charge in [0.15, 0.2) is 17.2 Å². The lowest BCUT2D eigenvalue weighted by molar-refractivity contribution is -0.384. The number of hydrogen-bond acceptors (Lipinski definition) is 6. The number of aromatic nitrogens is 2. The number of rotatable bonds is 8. The third-order valence-corrected chi connectivity index (χ3v) is 4.02. The number of ether oxygens (including phenoxy) is 2. The van der Waals surface area contributed by atoms with E-state index in [1.54, 1.807) is 13.8 Å². The minimum absolute atomic E-state index is 0.0282. The van der Waals surface area contributed by atoms with Crippen LogP contribution in [-0.2, 0) is 0 Å². The van der Waals surface area contributed by atoms with Crippen LogP contribution in [0.5, 0.6) is 11.5 Å². The molecule has 0 aliphatic heterocycles. The maximum absolute atomic E-state index is 13.1. The summed E-state index contributed by atoms with van der Waals surface area (Å²) in [6.07, 6.45) is 1.53. The van der Waals surface area contributed by atoms with Gasteiger partial charge in [-0.05, 0) is 44.2 Å². The molecule has 10 heteroatoms. The van der Waals surface area contributed by atoms with Gasteiger partial charge in [0.25, 0.3) is 11.6 Å². The molecule has 1 heterocycles. The lowest BCUT2D eigenvalue weighted by Crippen LogP contribution is -2.15. The largest absolute Gasteiger partial charge is 0.490 e. The molecular formula is C20H19FN4O5. The van der Waals surface area contributed by atoms with E-state index in [4.69, 9.17) is 9.47 Å². The van der Waals surface area contributed by atoms with Crippen molar-refractivity contribution in [1.82, 2.24) is 9.78 Å². The maximum atomic E-state index is 13.1. The summed E-state index contributed by atoms with van der Waals surface area (Å²) in [6.45, 7) is 4.11. The summed E-state index contributed by atoms with van der Waals surface area (Å²) < 4.78 is 25.3. The van der Waals surface area contributed by atoms with Crippen LogP contribution >= 0.6 is 0 Å². The molecule has 0 bridgehead atoms. The zero-order chi connectivity index (χ0) is 21.7. The first kappa shape index (κ1) is 20.8. The van der Waals surface area contributed by atoms with Crippen LogP contribution in [0.25, 0.3) is 5.69 Å². The fraction of sp³-hybridized carbons (Fsp3) is 0.200. The zero-order valence-electron chi connectivity index (χ0n) is 16.3. The second-order valence-corrected chi connectivity index (χ2v) is 6.02. The van der Waals surface area contributed by atoms with Crippen molar-refractivity contribution in [3.8, 4) is 17.2 Å². The Bertz CT molecular complexity index is 1070. The lowest BCUT2D eigenvalue weighted by Gasteiger charge is -2.13. The van der Waals surface area contributed by atoms with Crippen LogP contribution < -0.4 is 14.8 Å². The number of nitro groups is 1. The number of halogens is 1. The first-order chi connectivity index (χ1) is 14.4. The van der Waals surface area contributed by atoms with E-state index < -0.39 is 16.6 Å². The van der Waals surface area contributed by atoms with Crippen molar-refractivity contribution in [2.24, 2.45) is 0 Å². The Hall–Kier alpha value is -3.95. The van der Waals surface area contributed by atoms with E-state index in [9.17, 15) is 19.3 Å².